The predicted octanol–water partition coefficient (Wildman–Crippen LogP) is 5.34. The molecule has 0 saturated carbocycles. The third kappa shape index (κ3) is 3.20. The van der Waals surface area contributed by atoms with Crippen molar-refractivity contribution in [1.29, 1.82) is 0 Å². The molecule has 0 saturated heterocycles. The van der Waals surface area contributed by atoms with E-state index in [1.807, 2.05) is 6.07 Å². The van der Waals surface area contributed by atoms with Crippen molar-refractivity contribution in [3.63, 3.8) is 0 Å². The number of anilines is 1. The molecule has 3 rings (SSSR count). The minimum absolute atomic E-state index is 0.254. The van der Waals surface area contributed by atoms with Crippen molar-refractivity contribution in [2.75, 3.05) is 19.1 Å². The van der Waals surface area contributed by atoms with Crippen molar-refractivity contribution >= 4 is 5.69 Å². The van der Waals surface area contributed by atoms with Gasteiger partial charge in [0, 0.05) is 23.4 Å². The summed E-state index contributed by atoms with van der Waals surface area (Å²) in [4.78, 5) is 2.50. The summed E-state index contributed by atoms with van der Waals surface area (Å²) in [6.45, 7) is 9.02. The Balaban J connectivity index is 2.02. The summed E-state index contributed by atoms with van der Waals surface area (Å²) in [5.74, 6) is 2.33. The molecule has 0 unspecified atom stereocenters. The topological polar surface area (TPSA) is 21.7 Å². The van der Waals surface area contributed by atoms with E-state index in [9.17, 15) is 0 Å². The summed E-state index contributed by atoms with van der Waals surface area (Å²) in [5.41, 5.74) is 5.25. The highest BCUT2D eigenvalue weighted by molar-refractivity contribution is 5.58. The molecule has 0 radical (unpaired) electrons. The average Bonchev–Trinajstić information content (AvgIpc) is 2.60. The average molecular weight is 339 g/mol. The minimum atomic E-state index is 0.254. The van der Waals surface area contributed by atoms with Crippen LogP contribution in [0.2, 0.25) is 0 Å². The fourth-order valence-electron chi connectivity index (χ4n) is 4.03. The van der Waals surface area contributed by atoms with Crippen LogP contribution in [-0.2, 0) is 6.42 Å². The number of hydrogen-bond donors (Lipinski definition) is 0. The zero-order chi connectivity index (χ0) is 18.1. The van der Waals surface area contributed by atoms with E-state index in [4.69, 9.17) is 9.47 Å². The van der Waals surface area contributed by atoms with Gasteiger partial charge in [-0.25, -0.2) is 0 Å². The summed E-state index contributed by atoms with van der Waals surface area (Å²) >= 11 is 0. The Bertz CT molecular complexity index is 736. The van der Waals surface area contributed by atoms with Gasteiger partial charge in [0.2, 0.25) is 0 Å². The lowest BCUT2D eigenvalue weighted by molar-refractivity contribution is 0.381. The van der Waals surface area contributed by atoms with E-state index in [1.54, 1.807) is 14.2 Å². The zero-order valence-corrected chi connectivity index (χ0v) is 16.2. The first-order valence-corrected chi connectivity index (χ1v) is 9.09. The number of nitrogens with zero attached hydrogens (tertiary/aromatic N) is 1. The van der Waals surface area contributed by atoms with Crippen LogP contribution >= 0.6 is 0 Å². The van der Waals surface area contributed by atoms with Gasteiger partial charge in [0.1, 0.15) is 11.5 Å². The smallest absolute Gasteiger partial charge is 0.128 e. The highest BCUT2D eigenvalue weighted by Crippen LogP contribution is 2.43. The molecule has 2 atom stereocenters. The Morgan fingerprint density at radius 3 is 2.24 bits per heavy atom. The van der Waals surface area contributed by atoms with Crippen molar-refractivity contribution in [2.24, 2.45) is 0 Å². The fourth-order valence-corrected chi connectivity index (χ4v) is 4.03. The van der Waals surface area contributed by atoms with E-state index in [0.717, 1.165) is 17.9 Å². The second kappa shape index (κ2) is 6.99. The second-order valence-corrected chi connectivity index (χ2v) is 7.29. The Hall–Kier alpha value is -2.16. The number of ether oxygens (including phenoxy) is 2. The molecule has 2 aromatic carbocycles. The molecule has 0 N–H and O–H groups in total. The van der Waals surface area contributed by atoms with E-state index < -0.39 is 0 Å². The molecule has 3 nitrogen and oxygen atoms in total. The lowest BCUT2D eigenvalue weighted by Gasteiger charge is -2.43. The Morgan fingerprint density at radius 2 is 1.68 bits per heavy atom. The van der Waals surface area contributed by atoms with Crippen LogP contribution < -0.4 is 14.4 Å². The fraction of sp³-hybridized carbons (Fsp3) is 0.455. The highest BCUT2D eigenvalue weighted by Gasteiger charge is 2.32. The minimum Gasteiger partial charge on any atom is -0.497 e. The van der Waals surface area contributed by atoms with Crippen molar-refractivity contribution < 1.29 is 9.47 Å². The first kappa shape index (κ1) is 17.7. The molecule has 0 bridgehead atoms. The molecule has 134 valence electrons. The van der Waals surface area contributed by atoms with E-state index >= 15 is 0 Å². The molecule has 1 heterocycles. The van der Waals surface area contributed by atoms with Gasteiger partial charge in [0.15, 0.2) is 0 Å². The maximum absolute atomic E-state index is 5.69. The molecular weight excluding hydrogens is 310 g/mol. The van der Waals surface area contributed by atoms with Crippen LogP contribution in [0.1, 0.15) is 56.3 Å². The molecular formula is C22H29NO2. The van der Waals surface area contributed by atoms with Crippen LogP contribution in [0.5, 0.6) is 11.5 Å². The Labute approximate surface area is 151 Å². The summed E-state index contributed by atoms with van der Waals surface area (Å²) < 4.78 is 11.1. The molecule has 0 spiro atoms. The lowest BCUT2D eigenvalue weighted by Crippen LogP contribution is -2.41. The van der Waals surface area contributed by atoms with Crippen molar-refractivity contribution in [1.82, 2.24) is 0 Å². The third-order valence-electron chi connectivity index (χ3n) is 5.34. The van der Waals surface area contributed by atoms with Crippen molar-refractivity contribution in [3.05, 3.63) is 53.1 Å². The van der Waals surface area contributed by atoms with Gasteiger partial charge >= 0.3 is 0 Å². The zero-order valence-electron chi connectivity index (χ0n) is 16.2. The van der Waals surface area contributed by atoms with E-state index in [2.05, 4.69) is 62.9 Å². The predicted molar refractivity (Wildman–Crippen MR) is 104 cm³/mol. The Kier molecular flexibility index (Phi) is 4.94. The standard InChI is InChI=1S/C22H29NO2/c1-14(2)17-7-9-19(10-8-17)23-15(3)11-18-12-20(24-5)13-21(25-6)22(18)16(23)4/h7-10,12-16H,11H2,1-6H3/t15-,16+/m0/s1. The van der Waals surface area contributed by atoms with Gasteiger partial charge in [-0.05, 0) is 55.5 Å². The second-order valence-electron chi connectivity index (χ2n) is 7.29. The van der Waals surface area contributed by atoms with Crippen LogP contribution in [0.4, 0.5) is 5.69 Å². The van der Waals surface area contributed by atoms with Crippen molar-refractivity contribution in [2.45, 2.75) is 52.1 Å². The quantitative estimate of drug-likeness (QED) is 0.750. The van der Waals surface area contributed by atoms with Crippen LogP contribution in [-0.4, -0.2) is 20.3 Å². The highest BCUT2D eigenvalue weighted by atomic mass is 16.5. The first-order chi connectivity index (χ1) is 12.0. The van der Waals surface area contributed by atoms with Gasteiger partial charge in [-0.3, -0.25) is 0 Å². The van der Waals surface area contributed by atoms with Gasteiger partial charge in [-0.1, -0.05) is 26.0 Å². The summed E-state index contributed by atoms with van der Waals surface area (Å²) in [7, 11) is 3.45. The first-order valence-electron chi connectivity index (χ1n) is 9.09. The lowest BCUT2D eigenvalue weighted by atomic mass is 9.87. The summed E-state index contributed by atoms with van der Waals surface area (Å²) in [6.07, 6.45) is 0.985. The van der Waals surface area contributed by atoms with E-state index in [1.165, 1.54) is 22.4 Å². The molecule has 2 aromatic rings. The molecule has 25 heavy (non-hydrogen) atoms. The van der Waals surface area contributed by atoms with Gasteiger partial charge in [-0.2, -0.15) is 0 Å². The van der Waals surface area contributed by atoms with Crippen LogP contribution in [0.15, 0.2) is 36.4 Å². The number of hydrogen-bond acceptors (Lipinski definition) is 3. The number of rotatable bonds is 4. The maximum Gasteiger partial charge on any atom is 0.128 e. The van der Waals surface area contributed by atoms with Gasteiger partial charge < -0.3 is 14.4 Å². The number of methoxy groups -OCH3 is 2. The number of fused-ring (bicyclic) bond motifs is 1. The van der Waals surface area contributed by atoms with Crippen molar-refractivity contribution in [3.8, 4) is 11.5 Å². The van der Waals surface area contributed by atoms with E-state index in [0.29, 0.717) is 12.0 Å². The number of benzene rings is 2. The largest absolute Gasteiger partial charge is 0.497 e. The van der Waals surface area contributed by atoms with Gasteiger partial charge in [-0.15, -0.1) is 0 Å². The SMILES string of the molecule is COc1cc2c(c(OC)c1)[C@@H](C)N(c1ccc(C(C)C)cc1)[C@@H](C)C2. The molecule has 0 aromatic heterocycles. The van der Waals surface area contributed by atoms with E-state index in [-0.39, 0.29) is 6.04 Å². The van der Waals surface area contributed by atoms with Crippen LogP contribution in [0.25, 0.3) is 0 Å². The molecule has 1 aliphatic heterocycles. The molecule has 0 aliphatic carbocycles. The summed E-state index contributed by atoms with van der Waals surface area (Å²) in [6, 6.07) is 13.8. The molecule has 0 amide bonds. The monoisotopic (exact) mass is 339 g/mol. The summed E-state index contributed by atoms with van der Waals surface area (Å²) in [5, 5.41) is 0. The molecule has 0 fully saturated rings. The van der Waals surface area contributed by atoms with Gasteiger partial charge in [0.25, 0.3) is 0 Å². The maximum atomic E-state index is 5.69. The third-order valence-corrected chi connectivity index (χ3v) is 5.34. The van der Waals surface area contributed by atoms with Crippen LogP contribution in [0.3, 0.4) is 0 Å². The normalized spacial score (nSPS) is 19.7. The molecule has 3 heteroatoms. The Morgan fingerprint density at radius 1 is 1.00 bits per heavy atom. The van der Waals surface area contributed by atoms with Gasteiger partial charge in [0.05, 0.1) is 20.3 Å². The molecule has 1 aliphatic rings. The van der Waals surface area contributed by atoms with Crippen LogP contribution in [0, 0.1) is 0 Å².